The number of H-pyrrole nitrogens is 1. The summed E-state index contributed by atoms with van der Waals surface area (Å²) >= 11 is 1.84. The van der Waals surface area contributed by atoms with Crippen molar-refractivity contribution in [2.24, 2.45) is 0 Å². The van der Waals surface area contributed by atoms with Crippen LogP contribution >= 0.6 is 11.3 Å². The van der Waals surface area contributed by atoms with E-state index < -0.39 is 0 Å². The Labute approximate surface area is 155 Å². The van der Waals surface area contributed by atoms with Gasteiger partial charge in [-0.05, 0) is 49.7 Å². The molecule has 1 unspecified atom stereocenters. The van der Waals surface area contributed by atoms with Crippen LogP contribution in [0.3, 0.4) is 0 Å². The number of hydrogen-bond acceptors (Lipinski definition) is 5. The average molecular weight is 364 g/mol. The van der Waals surface area contributed by atoms with Gasteiger partial charge in [0.15, 0.2) is 5.65 Å². The van der Waals surface area contributed by atoms with Crippen molar-refractivity contribution in [3.05, 3.63) is 59.5 Å². The Balaban J connectivity index is 1.32. The Morgan fingerprint density at radius 3 is 3.08 bits per heavy atom. The Morgan fingerprint density at radius 1 is 1.15 bits per heavy atom. The van der Waals surface area contributed by atoms with Gasteiger partial charge in [-0.3, -0.25) is 14.4 Å². The van der Waals surface area contributed by atoms with Gasteiger partial charge >= 0.3 is 0 Å². The fourth-order valence-electron chi connectivity index (χ4n) is 3.77. The van der Waals surface area contributed by atoms with E-state index >= 15 is 0 Å². The largest absolute Gasteiger partial charge is 0.298 e. The van der Waals surface area contributed by atoms with E-state index in [-0.39, 0.29) is 0 Å². The third-order valence-electron chi connectivity index (χ3n) is 5.02. The molecule has 1 saturated heterocycles. The minimum atomic E-state index is 0.438. The summed E-state index contributed by atoms with van der Waals surface area (Å²) in [5, 5.41) is 15.9. The molecule has 0 radical (unpaired) electrons. The maximum Gasteiger partial charge on any atom is 0.160 e. The first-order valence-corrected chi connectivity index (χ1v) is 9.79. The summed E-state index contributed by atoms with van der Waals surface area (Å²) in [5.74, 6) is 1.53. The third kappa shape index (κ3) is 2.93. The second-order valence-corrected chi connectivity index (χ2v) is 7.97. The van der Waals surface area contributed by atoms with Crippen molar-refractivity contribution in [3.8, 4) is 10.6 Å². The average Bonchev–Trinajstić information content (AvgIpc) is 3.42. The second-order valence-electron chi connectivity index (χ2n) is 6.80. The highest BCUT2D eigenvalue weighted by Gasteiger charge is 2.25. The van der Waals surface area contributed by atoms with Crippen LogP contribution in [0.15, 0.2) is 48.8 Å². The number of fused-ring (bicyclic) bond motifs is 1. The van der Waals surface area contributed by atoms with Gasteiger partial charge in [-0.15, -0.1) is 21.5 Å². The fourth-order valence-corrected chi connectivity index (χ4v) is 4.79. The summed E-state index contributed by atoms with van der Waals surface area (Å²) in [6, 6.07) is 12.5. The van der Waals surface area contributed by atoms with Crippen molar-refractivity contribution in [2.45, 2.75) is 25.3 Å². The molecule has 0 aliphatic carbocycles. The third-order valence-corrected chi connectivity index (χ3v) is 6.12. The molecule has 1 fully saturated rings. The fraction of sp³-hybridized carbons (Fsp3) is 0.316. The minimum absolute atomic E-state index is 0.438. The first-order valence-electron chi connectivity index (χ1n) is 8.97. The number of nitrogens with one attached hydrogen (secondary N) is 1. The van der Waals surface area contributed by atoms with Crippen molar-refractivity contribution >= 4 is 17.0 Å². The molecule has 0 aromatic carbocycles. The Kier molecular flexibility index (Phi) is 4.03. The van der Waals surface area contributed by atoms with Gasteiger partial charge in [0.25, 0.3) is 0 Å². The molecule has 6 nitrogen and oxygen atoms in total. The van der Waals surface area contributed by atoms with E-state index in [0.29, 0.717) is 5.92 Å². The SMILES string of the molecule is c1ccn2c(C3CCCN(Cc4ccc(-c5ccn[nH]5)s4)C3)nnc2c1. The Bertz CT molecular complexity index is 1000. The number of nitrogens with zero attached hydrogens (tertiary/aromatic N) is 5. The molecule has 0 amide bonds. The van der Waals surface area contributed by atoms with Crippen molar-refractivity contribution in [1.82, 2.24) is 29.7 Å². The van der Waals surface area contributed by atoms with Crippen LogP contribution < -0.4 is 0 Å². The second kappa shape index (κ2) is 6.66. The monoisotopic (exact) mass is 364 g/mol. The molecule has 0 bridgehead atoms. The topological polar surface area (TPSA) is 62.1 Å². The van der Waals surface area contributed by atoms with Gasteiger partial charge in [0, 0.05) is 36.3 Å². The van der Waals surface area contributed by atoms with Crippen molar-refractivity contribution < 1.29 is 0 Å². The molecule has 1 aliphatic rings. The number of thiophene rings is 1. The molecule has 5 rings (SSSR count). The van der Waals surface area contributed by atoms with Crippen molar-refractivity contribution in [3.63, 3.8) is 0 Å². The zero-order valence-corrected chi connectivity index (χ0v) is 15.2. The van der Waals surface area contributed by atoms with Crippen LogP contribution in [0.4, 0.5) is 0 Å². The van der Waals surface area contributed by atoms with E-state index in [4.69, 9.17) is 0 Å². The summed E-state index contributed by atoms with van der Waals surface area (Å²) in [7, 11) is 0. The van der Waals surface area contributed by atoms with E-state index in [9.17, 15) is 0 Å². The quantitative estimate of drug-likeness (QED) is 0.601. The molecule has 132 valence electrons. The molecular weight excluding hydrogens is 344 g/mol. The van der Waals surface area contributed by atoms with E-state index in [1.54, 1.807) is 6.20 Å². The molecule has 4 aromatic heterocycles. The van der Waals surface area contributed by atoms with Crippen LogP contribution in [0.2, 0.25) is 0 Å². The molecule has 7 heteroatoms. The standard InChI is InChI=1S/C19H20N6S/c1-2-11-25-18(5-1)22-23-19(25)14-4-3-10-24(12-14)13-15-6-7-17(26-15)16-8-9-20-21-16/h1-2,5-9,11,14H,3-4,10,12-13H2,(H,20,21). The maximum absolute atomic E-state index is 4.48. The molecular formula is C19H20N6S. The lowest BCUT2D eigenvalue weighted by Gasteiger charge is -2.31. The first-order chi connectivity index (χ1) is 12.9. The zero-order valence-electron chi connectivity index (χ0n) is 14.4. The van der Waals surface area contributed by atoms with Gasteiger partial charge in [0.05, 0.1) is 10.6 Å². The predicted molar refractivity (Wildman–Crippen MR) is 102 cm³/mol. The smallest absolute Gasteiger partial charge is 0.160 e. The molecule has 26 heavy (non-hydrogen) atoms. The summed E-state index contributed by atoms with van der Waals surface area (Å²) in [6.45, 7) is 3.17. The lowest BCUT2D eigenvalue weighted by atomic mass is 9.97. The van der Waals surface area contributed by atoms with Gasteiger partial charge in [0.2, 0.25) is 0 Å². The van der Waals surface area contributed by atoms with Crippen LogP contribution in [0.25, 0.3) is 16.2 Å². The highest BCUT2D eigenvalue weighted by Crippen LogP contribution is 2.30. The number of pyridine rings is 1. The van der Waals surface area contributed by atoms with E-state index in [0.717, 1.165) is 36.8 Å². The van der Waals surface area contributed by atoms with Gasteiger partial charge in [-0.25, -0.2) is 0 Å². The number of hydrogen-bond donors (Lipinski definition) is 1. The number of piperidine rings is 1. The van der Waals surface area contributed by atoms with Crippen molar-refractivity contribution in [1.29, 1.82) is 0 Å². The Morgan fingerprint density at radius 2 is 2.15 bits per heavy atom. The molecule has 0 saturated carbocycles. The van der Waals surface area contributed by atoms with Gasteiger partial charge in [-0.2, -0.15) is 5.10 Å². The first kappa shape index (κ1) is 15.7. The Hall–Kier alpha value is -2.51. The molecule has 1 aliphatic heterocycles. The number of aromatic nitrogens is 5. The van der Waals surface area contributed by atoms with Crippen LogP contribution in [-0.2, 0) is 6.54 Å². The lowest BCUT2D eigenvalue weighted by molar-refractivity contribution is 0.197. The number of likely N-dealkylation sites (tertiary alicyclic amines) is 1. The molecule has 5 heterocycles. The zero-order chi connectivity index (χ0) is 17.3. The van der Waals surface area contributed by atoms with Gasteiger partial charge in [0.1, 0.15) is 5.82 Å². The van der Waals surface area contributed by atoms with Gasteiger partial charge in [-0.1, -0.05) is 6.07 Å². The molecule has 4 aromatic rings. The number of aromatic amines is 1. The molecule has 0 spiro atoms. The molecule has 1 N–H and O–H groups in total. The highest BCUT2D eigenvalue weighted by molar-refractivity contribution is 7.15. The van der Waals surface area contributed by atoms with Crippen LogP contribution in [-0.4, -0.2) is 42.8 Å². The van der Waals surface area contributed by atoms with Gasteiger partial charge < -0.3 is 0 Å². The summed E-state index contributed by atoms with van der Waals surface area (Å²) < 4.78 is 2.13. The lowest BCUT2D eigenvalue weighted by Crippen LogP contribution is -2.34. The predicted octanol–water partition coefficient (Wildman–Crippen LogP) is 3.56. The van der Waals surface area contributed by atoms with E-state index in [1.807, 2.05) is 35.6 Å². The number of rotatable bonds is 4. The van der Waals surface area contributed by atoms with Crippen LogP contribution in [0.1, 0.15) is 29.5 Å². The summed E-state index contributed by atoms with van der Waals surface area (Å²) in [6.07, 6.45) is 6.24. The minimum Gasteiger partial charge on any atom is -0.298 e. The van der Waals surface area contributed by atoms with Crippen LogP contribution in [0.5, 0.6) is 0 Å². The summed E-state index contributed by atoms with van der Waals surface area (Å²) in [5.41, 5.74) is 2.02. The molecule has 1 atom stereocenters. The summed E-state index contributed by atoms with van der Waals surface area (Å²) in [4.78, 5) is 5.18. The van der Waals surface area contributed by atoms with Crippen LogP contribution in [0, 0.1) is 0 Å². The normalized spacial score (nSPS) is 18.5. The van der Waals surface area contributed by atoms with Crippen molar-refractivity contribution in [2.75, 3.05) is 13.1 Å². The maximum atomic E-state index is 4.48. The van der Waals surface area contributed by atoms with E-state index in [1.165, 1.54) is 22.6 Å². The van der Waals surface area contributed by atoms with E-state index in [2.05, 4.69) is 48.0 Å². The highest BCUT2D eigenvalue weighted by atomic mass is 32.1.